The lowest BCUT2D eigenvalue weighted by atomic mass is 9.79. The van der Waals surface area contributed by atoms with E-state index in [2.05, 4.69) is 27.8 Å². The first-order chi connectivity index (χ1) is 8.57. The Morgan fingerprint density at radius 2 is 2.50 bits per heavy atom. The van der Waals surface area contributed by atoms with Crippen LogP contribution in [0.15, 0.2) is 6.33 Å². The van der Waals surface area contributed by atoms with Crippen LogP contribution >= 0.6 is 0 Å². The standard InChI is InChI=1S/C11H19N5O2/c1-9-3-2-4-11(18,5-9)7-12-10(17)6-16-8-13-14-15-16/h8-9,18H,2-7H2,1H3,(H,12,17). The van der Waals surface area contributed by atoms with Crippen molar-refractivity contribution in [2.24, 2.45) is 5.92 Å². The fraction of sp³-hybridized carbons (Fsp3) is 0.818. The predicted molar refractivity (Wildman–Crippen MR) is 63.4 cm³/mol. The summed E-state index contributed by atoms with van der Waals surface area (Å²) in [6, 6.07) is 0. The van der Waals surface area contributed by atoms with Gasteiger partial charge in [0.1, 0.15) is 12.9 Å². The van der Waals surface area contributed by atoms with E-state index in [1.807, 2.05) is 0 Å². The highest BCUT2D eigenvalue weighted by molar-refractivity contribution is 5.75. The minimum Gasteiger partial charge on any atom is -0.388 e. The highest BCUT2D eigenvalue weighted by atomic mass is 16.3. The molecule has 1 fully saturated rings. The molecule has 0 aromatic carbocycles. The molecule has 1 aromatic rings. The van der Waals surface area contributed by atoms with Crippen LogP contribution in [0.25, 0.3) is 0 Å². The highest BCUT2D eigenvalue weighted by Gasteiger charge is 2.32. The average Bonchev–Trinajstić information content (AvgIpc) is 2.79. The summed E-state index contributed by atoms with van der Waals surface area (Å²) in [6.07, 6.45) is 5.05. The molecule has 0 aliphatic heterocycles. The van der Waals surface area contributed by atoms with Crippen molar-refractivity contribution in [1.82, 2.24) is 25.5 Å². The topological polar surface area (TPSA) is 92.9 Å². The van der Waals surface area contributed by atoms with Crippen LogP contribution in [0.3, 0.4) is 0 Å². The van der Waals surface area contributed by atoms with Gasteiger partial charge in [-0.3, -0.25) is 4.79 Å². The summed E-state index contributed by atoms with van der Waals surface area (Å²) in [6.45, 7) is 2.52. The van der Waals surface area contributed by atoms with E-state index in [1.54, 1.807) is 0 Å². The van der Waals surface area contributed by atoms with Crippen LogP contribution in [0, 0.1) is 5.92 Å². The second-order valence-electron chi connectivity index (χ2n) is 5.21. The predicted octanol–water partition coefficient (Wildman–Crippen LogP) is -0.270. The second-order valence-corrected chi connectivity index (χ2v) is 5.21. The van der Waals surface area contributed by atoms with Crippen LogP contribution in [0.4, 0.5) is 0 Å². The van der Waals surface area contributed by atoms with E-state index in [0.29, 0.717) is 12.5 Å². The van der Waals surface area contributed by atoms with Gasteiger partial charge in [0.2, 0.25) is 5.91 Å². The van der Waals surface area contributed by atoms with Crippen molar-refractivity contribution in [1.29, 1.82) is 0 Å². The molecule has 1 aromatic heterocycles. The maximum Gasteiger partial charge on any atom is 0.241 e. The van der Waals surface area contributed by atoms with E-state index in [4.69, 9.17) is 0 Å². The van der Waals surface area contributed by atoms with E-state index in [0.717, 1.165) is 25.7 Å². The Balaban J connectivity index is 1.78. The van der Waals surface area contributed by atoms with Crippen molar-refractivity contribution in [3.05, 3.63) is 6.33 Å². The van der Waals surface area contributed by atoms with Gasteiger partial charge in [-0.05, 0) is 29.2 Å². The zero-order valence-corrected chi connectivity index (χ0v) is 10.5. The normalized spacial score (nSPS) is 28.0. The molecule has 2 unspecified atom stereocenters. The van der Waals surface area contributed by atoms with E-state index in [9.17, 15) is 9.90 Å². The molecule has 1 aliphatic rings. The fourth-order valence-electron chi connectivity index (χ4n) is 2.51. The van der Waals surface area contributed by atoms with Crippen molar-refractivity contribution >= 4 is 5.91 Å². The summed E-state index contributed by atoms with van der Waals surface area (Å²) in [7, 11) is 0. The molecule has 18 heavy (non-hydrogen) atoms. The van der Waals surface area contributed by atoms with Crippen molar-refractivity contribution < 1.29 is 9.90 Å². The van der Waals surface area contributed by atoms with Gasteiger partial charge in [0.25, 0.3) is 0 Å². The number of rotatable bonds is 4. The van der Waals surface area contributed by atoms with Gasteiger partial charge in [-0.2, -0.15) is 0 Å². The van der Waals surface area contributed by atoms with E-state index < -0.39 is 5.60 Å². The molecule has 0 spiro atoms. The van der Waals surface area contributed by atoms with Gasteiger partial charge < -0.3 is 10.4 Å². The van der Waals surface area contributed by atoms with Crippen molar-refractivity contribution in [2.45, 2.75) is 44.8 Å². The lowest BCUT2D eigenvalue weighted by molar-refractivity contribution is -0.123. The van der Waals surface area contributed by atoms with Crippen LogP contribution in [0.2, 0.25) is 0 Å². The Bertz CT molecular complexity index is 394. The van der Waals surface area contributed by atoms with Crippen LogP contribution < -0.4 is 5.32 Å². The Morgan fingerprint density at radius 1 is 1.67 bits per heavy atom. The van der Waals surface area contributed by atoms with Gasteiger partial charge in [-0.1, -0.05) is 19.8 Å². The van der Waals surface area contributed by atoms with E-state index >= 15 is 0 Å². The van der Waals surface area contributed by atoms with Gasteiger partial charge in [0.05, 0.1) is 5.60 Å². The molecular weight excluding hydrogens is 234 g/mol. The SMILES string of the molecule is CC1CCCC(O)(CNC(=O)Cn2cnnn2)C1. The summed E-state index contributed by atoms with van der Waals surface area (Å²) < 4.78 is 1.35. The third kappa shape index (κ3) is 3.49. The fourth-order valence-corrected chi connectivity index (χ4v) is 2.51. The molecule has 2 rings (SSSR count). The number of aliphatic hydroxyl groups is 1. The Kier molecular flexibility index (Phi) is 3.90. The number of amides is 1. The highest BCUT2D eigenvalue weighted by Crippen LogP contribution is 2.31. The molecule has 1 heterocycles. The molecule has 100 valence electrons. The van der Waals surface area contributed by atoms with Gasteiger partial charge in [0.15, 0.2) is 0 Å². The second kappa shape index (κ2) is 5.43. The maximum atomic E-state index is 11.6. The largest absolute Gasteiger partial charge is 0.388 e. The van der Waals surface area contributed by atoms with Crippen LogP contribution in [-0.4, -0.2) is 43.4 Å². The summed E-state index contributed by atoms with van der Waals surface area (Å²) in [5.41, 5.74) is -0.756. The van der Waals surface area contributed by atoms with Crippen molar-refractivity contribution in [3.8, 4) is 0 Å². The van der Waals surface area contributed by atoms with Gasteiger partial charge in [0, 0.05) is 6.54 Å². The van der Waals surface area contributed by atoms with Crippen LogP contribution in [0.5, 0.6) is 0 Å². The molecule has 0 saturated heterocycles. The number of hydrogen-bond donors (Lipinski definition) is 2. The number of nitrogens with one attached hydrogen (secondary N) is 1. The molecule has 0 bridgehead atoms. The van der Waals surface area contributed by atoms with Crippen LogP contribution in [0.1, 0.15) is 32.6 Å². The Labute approximate surface area is 106 Å². The molecule has 1 amide bonds. The number of carbonyl (C=O) groups excluding carboxylic acids is 1. The number of hydrogen-bond acceptors (Lipinski definition) is 5. The minimum atomic E-state index is -0.756. The Morgan fingerprint density at radius 3 is 3.17 bits per heavy atom. The van der Waals surface area contributed by atoms with Crippen LogP contribution in [-0.2, 0) is 11.3 Å². The number of nitrogens with zero attached hydrogens (tertiary/aromatic N) is 4. The molecule has 7 nitrogen and oxygen atoms in total. The Hall–Kier alpha value is -1.50. The number of carbonyl (C=O) groups is 1. The lowest BCUT2D eigenvalue weighted by Crippen LogP contribution is -2.46. The summed E-state index contributed by atoms with van der Waals surface area (Å²) in [5, 5.41) is 23.6. The van der Waals surface area contributed by atoms with E-state index in [-0.39, 0.29) is 12.5 Å². The minimum absolute atomic E-state index is 0.0820. The van der Waals surface area contributed by atoms with Gasteiger partial charge in [-0.25, -0.2) is 4.68 Å². The smallest absolute Gasteiger partial charge is 0.241 e. The average molecular weight is 253 g/mol. The third-order valence-electron chi connectivity index (χ3n) is 3.38. The van der Waals surface area contributed by atoms with E-state index in [1.165, 1.54) is 11.0 Å². The molecule has 0 radical (unpaired) electrons. The molecule has 2 atom stereocenters. The van der Waals surface area contributed by atoms with Gasteiger partial charge in [-0.15, -0.1) is 5.10 Å². The molecule has 7 heteroatoms. The molecule has 1 saturated carbocycles. The van der Waals surface area contributed by atoms with Crippen molar-refractivity contribution in [3.63, 3.8) is 0 Å². The summed E-state index contributed by atoms with van der Waals surface area (Å²) >= 11 is 0. The molecule has 1 aliphatic carbocycles. The zero-order valence-electron chi connectivity index (χ0n) is 10.5. The maximum absolute atomic E-state index is 11.6. The summed E-state index contributed by atoms with van der Waals surface area (Å²) in [5.74, 6) is 0.328. The zero-order chi connectivity index (χ0) is 13.0. The first kappa shape index (κ1) is 12.9. The van der Waals surface area contributed by atoms with Gasteiger partial charge >= 0.3 is 0 Å². The third-order valence-corrected chi connectivity index (χ3v) is 3.38. The van der Waals surface area contributed by atoms with Crippen molar-refractivity contribution in [2.75, 3.05) is 6.54 Å². The molecular formula is C11H19N5O2. The number of tetrazole rings is 1. The number of aromatic nitrogens is 4. The lowest BCUT2D eigenvalue weighted by Gasteiger charge is -2.35. The molecule has 2 N–H and O–H groups in total. The monoisotopic (exact) mass is 253 g/mol. The first-order valence-corrected chi connectivity index (χ1v) is 6.27. The quantitative estimate of drug-likeness (QED) is 0.770. The summed E-state index contributed by atoms with van der Waals surface area (Å²) in [4.78, 5) is 11.6. The first-order valence-electron chi connectivity index (χ1n) is 6.27.